The second-order valence-corrected chi connectivity index (χ2v) is 16.6. The summed E-state index contributed by atoms with van der Waals surface area (Å²) in [5, 5.41) is 61.1. The van der Waals surface area contributed by atoms with Gasteiger partial charge in [0.25, 0.3) is 0 Å². The standard InChI is InChI=1S/C21H21O4P.C18H15O4P/c22-13-16-7-1-4-10-19(16)26(25,20-11-5-2-8-17(20)14-23)21-12-6-3-9-18(21)15-24;19-13-1-7-16(8-2-13)23(22,17-9-3-14(20)4-10-17)18-11-5-15(21)6-12-18/h1-12,22-24H,13-15H2;1-12,19-21H. The van der Waals surface area contributed by atoms with Gasteiger partial charge in [0, 0.05) is 31.8 Å². The fourth-order valence-corrected chi connectivity index (χ4v) is 11.6. The fraction of sp³-hybridized carbons (Fsp3) is 0.0769. The molecule has 0 saturated carbocycles. The Kier molecular flexibility index (Phi) is 11.2. The van der Waals surface area contributed by atoms with Crippen LogP contribution in [0.25, 0.3) is 0 Å². The summed E-state index contributed by atoms with van der Waals surface area (Å²) >= 11 is 0. The van der Waals surface area contributed by atoms with Crippen molar-refractivity contribution in [2.75, 3.05) is 0 Å². The van der Waals surface area contributed by atoms with Gasteiger partial charge in [0.15, 0.2) is 14.3 Å². The van der Waals surface area contributed by atoms with Crippen LogP contribution in [0.5, 0.6) is 17.2 Å². The molecule has 0 radical (unpaired) electrons. The molecule has 0 spiro atoms. The minimum atomic E-state index is -3.42. The highest BCUT2D eigenvalue weighted by Gasteiger charge is 2.35. The van der Waals surface area contributed by atoms with Crippen molar-refractivity contribution in [2.24, 2.45) is 0 Å². The third-order valence-corrected chi connectivity index (χ3v) is 14.6. The van der Waals surface area contributed by atoms with Crippen LogP contribution in [0.1, 0.15) is 16.7 Å². The zero-order valence-corrected chi connectivity index (χ0v) is 28.2. The first kappa shape index (κ1) is 35.4. The molecule has 6 aromatic carbocycles. The van der Waals surface area contributed by atoms with Crippen molar-refractivity contribution in [2.45, 2.75) is 19.8 Å². The monoisotopic (exact) mass is 694 g/mol. The van der Waals surface area contributed by atoms with E-state index in [1.54, 1.807) is 109 Å². The quantitative estimate of drug-likeness (QED) is 0.123. The molecule has 0 aliphatic rings. The third kappa shape index (κ3) is 7.25. The topological polar surface area (TPSA) is 156 Å². The highest BCUT2D eigenvalue weighted by molar-refractivity contribution is 7.86. The molecule has 6 aromatic rings. The first-order chi connectivity index (χ1) is 23.7. The van der Waals surface area contributed by atoms with Crippen molar-refractivity contribution in [3.8, 4) is 17.2 Å². The molecule has 0 amide bonds. The van der Waals surface area contributed by atoms with Crippen LogP contribution in [0.15, 0.2) is 146 Å². The number of rotatable bonds is 9. The molecule has 0 fully saturated rings. The molecule has 0 heterocycles. The largest absolute Gasteiger partial charge is 0.508 e. The molecule has 0 aliphatic carbocycles. The minimum Gasteiger partial charge on any atom is -0.508 e. The van der Waals surface area contributed by atoms with Crippen LogP contribution in [-0.4, -0.2) is 30.6 Å². The fourth-order valence-electron chi connectivity index (χ4n) is 5.68. The van der Waals surface area contributed by atoms with Crippen molar-refractivity contribution in [1.82, 2.24) is 0 Å². The van der Waals surface area contributed by atoms with Gasteiger partial charge in [-0.1, -0.05) is 72.8 Å². The van der Waals surface area contributed by atoms with Gasteiger partial charge in [-0.05, 0) is 89.5 Å². The van der Waals surface area contributed by atoms with Gasteiger partial charge >= 0.3 is 0 Å². The van der Waals surface area contributed by atoms with Gasteiger partial charge in [0.1, 0.15) is 17.2 Å². The van der Waals surface area contributed by atoms with Crippen molar-refractivity contribution < 1.29 is 39.8 Å². The average molecular weight is 695 g/mol. The Morgan fingerprint density at radius 3 is 0.837 bits per heavy atom. The summed E-state index contributed by atoms with van der Waals surface area (Å²) in [6.07, 6.45) is 0. The lowest BCUT2D eigenvalue weighted by molar-refractivity contribution is 0.282. The van der Waals surface area contributed by atoms with E-state index in [0.717, 1.165) is 0 Å². The van der Waals surface area contributed by atoms with Crippen molar-refractivity contribution in [3.05, 3.63) is 162 Å². The van der Waals surface area contributed by atoms with E-state index >= 15 is 0 Å². The van der Waals surface area contributed by atoms with Gasteiger partial charge in [0.2, 0.25) is 0 Å². The minimum absolute atomic E-state index is 0.0942. The van der Waals surface area contributed by atoms with Crippen molar-refractivity contribution in [1.29, 1.82) is 0 Å². The Labute approximate surface area is 284 Å². The molecule has 0 aliphatic heterocycles. The Morgan fingerprint density at radius 1 is 0.347 bits per heavy atom. The summed E-state index contributed by atoms with van der Waals surface area (Å²) in [7, 11) is -6.59. The summed E-state index contributed by atoms with van der Waals surface area (Å²) in [5.41, 5.74) is 1.70. The molecule has 0 aromatic heterocycles. The van der Waals surface area contributed by atoms with Gasteiger partial charge in [-0.15, -0.1) is 0 Å². The number of phenols is 3. The second-order valence-electron chi connectivity index (χ2n) is 11.1. The molecule has 0 saturated heterocycles. The third-order valence-electron chi connectivity index (χ3n) is 8.14. The Bertz CT molecular complexity index is 1870. The van der Waals surface area contributed by atoms with Crippen molar-refractivity contribution in [3.63, 3.8) is 0 Å². The van der Waals surface area contributed by atoms with E-state index in [1.165, 1.54) is 36.4 Å². The van der Waals surface area contributed by atoms with Gasteiger partial charge in [0.05, 0.1) is 19.8 Å². The molecule has 0 atom stereocenters. The van der Waals surface area contributed by atoms with Crippen LogP contribution in [-0.2, 0) is 29.0 Å². The zero-order valence-electron chi connectivity index (χ0n) is 26.4. The van der Waals surface area contributed by atoms with Gasteiger partial charge < -0.3 is 39.8 Å². The van der Waals surface area contributed by atoms with Crippen LogP contribution in [0.2, 0.25) is 0 Å². The first-order valence-corrected chi connectivity index (χ1v) is 18.7. The summed E-state index contributed by atoms with van der Waals surface area (Å²) in [4.78, 5) is 0. The number of benzene rings is 6. The van der Waals surface area contributed by atoms with Gasteiger partial charge in [-0.3, -0.25) is 0 Å². The zero-order chi connectivity index (χ0) is 35.0. The normalized spacial score (nSPS) is 11.4. The molecule has 0 bridgehead atoms. The van der Waals surface area contributed by atoms with Crippen LogP contribution >= 0.6 is 14.3 Å². The maximum Gasteiger partial charge on any atom is 0.172 e. The SMILES string of the molecule is O=P(c1ccc(O)cc1)(c1ccc(O)cc1)c1ccc(O)cc1.O=P(c1ccccc1CO)(c1ccccc1CO)c1ccccc1CO. The van der Waals surface area contributed by atoms with Gasteiger partial charge in [-0.2, -0.15) is 0 Å². The van der Waals surface area contributed by atoms with E-state index < -0.39 is 14.3 Å². The first-order valence-electron chi connectivity index (χ1n) is 15.3. The molecule has 49 heavy (non-hydrogen) atoms. The molecular formula is C39H36O8P2. The highest BCUT2D eigenvalue weighted by Crippen LogP contribution is 2.46. The number of aromatic hydroxyl groups is 3. The predicted molar refractivity (Wildman–Crippen MR) is 194 cm³/mol. The molecule has 6 rings (SSSR count). The molecule has 250 valence electrons. The van der Waals surface area contributed by atoms with Crippen LogP contribution in [0.4, 0.5) is 0 Å². The maximum atomic E-state index is 14.6. The average Bonchev–Trinajstić information content (AvgIpc) is 3.15. The lowest BCUT2D eigenvalue weighted by Crippen LogP contribution is -2.31. The lowest BCUT2D eigenvalue weighted by atomic mass is 10.2. The number of hydrogen-bond acceptors (Lipinski definition) is 8. The van der Waals surface area contributed by atoms with Crippen LogP contribution < -0.4 is 31.8 Å². The molecular weight excluding hydrogens is 658 g/mol. The van der Waals surface area contributed by atoms with Crippen molar-refractivity contribution >= 4 is 46.1 Å². The summed E-state index contributed by atoms with van der Waals surface area (Å²) in [6.45, 7) is -0.742. The Morgan fingerprint density at radius 2 is 0.592 bits per heavy atom. The molecule has 10 heteroatoms. The molecule has 8 nitrogen and oxygen atoms in total. The summed E-state index contributed by atoms with van der Waals surface area (Å²) < 4.78 is 28.5. The maximum absolute atomic E-state index is 14.6. The van der Waals surface area contributed by atoms with E-state index in [4.69, 9.17) is 0 Å². The van der Waals surface area contributed by atoms with Crippen LogP contribution in [0.3, 0.4) is 0 Å². The molecule has 6 N–H and O–H groups in total. The van der Waals surface area contributed by atoms with Gasteiger partial charge in [-0.25, -0.2) is 0 Å². The number of aliphatic hydroxyl groups excluding tert-OH is 3. The number of phenolic OH excluding ortho intramolecular Hbond substituents is 3. The summed E-state index contributed by atoms with van der Waals surface area (Å²) in [6, 6.07) is 39.8. The second kappa shape index (κ2) is 15.5. The Balaban J connectivity index is 0.000000192. The van der Waals surface area contributed by atoms with E-state index in [9.17, 15) is 39.8 Å². The van der Waals surface area contributed by atoms with E-state index in [0.29, 0.717) is 48.5 Å². The van der Waals surface area contributed by atoms with Crippen LogP contribution in [0, 0.1) is 0 Å². The highest BCUT2D eigenvalue weighted by atomic mass is 31.2. The van der Waals surface area contributed by atoms with E-state index in [1.807, 2.05) is 0 Å². The number of aliphatic hydroxyl groups is 3. The van der Waals surface area contributed by atoms with E-state index in [2.05, 4.69) is 0 Å². The number of hydrogen-bond donors (Lipinski definition) is 6. The Hall–Kier alpha value is -4.94. The lowest BCUT2D eigenvalue weighted by Gasteiger charge is -2.25. The van der Waals surface area contributed by atoms with E-state index in [-0.39, 0.29) is 37.1 Å². The smallest absolute Gasteiger partial charge is 0.172 e. The molecule has 0 unspecified atom stereocenters. The summed E-state index contributed by atoms with van der Waals surface area (Å²) in [5.74, 6) is 0.283. The predicted octanol–water partition coefficient (Wildman–Crippen LogP) is 4.25.